The molecule has 0 saturated carbocycles. The van der Waals surface area contributed by atoms with E-state index in [1.807, 2.05) is 0 Å². The molecule has 0 spiro atoms. The summed E-state index contributed by atoms with van der Waals surface area (Å²) >= 11 is 0. The van der Waals surface area contributed by atoms with E-state index in [9.17, 15) is 0 Å². The molecule has 1 aliphatic heterocycles. The summed E-state index contributed by atoms with van der Waals surface area (Å²) in [6.07, 6.45) is 44.0. The van der Waals surface area contributed by atoms with Gasteiger partial charge in [0.2, 0.25) is 0 Å². The first-order valence-electron chi connectivity index (χ1n) is 17.5. The van der Waals surface area contributed by atoms with E-state index in [0.29, 0.717) is 6.17 Å². The highest BCUT2D eigenvalue weighted by molar-refractivity contribution is 4.97. The molecule has 1 atom stereocenters. The maximum Gasteiger partial charge on any atom is 0.101 e. The number of hydrogen-bond donors (Lipinski definition) is 0. The minimum Gasteiger partial charge on any atom is -0.356 e. The molecular weight excluding hydrogens is 448 g/mol. The van der Waals surface area contributed by atoms with Crippen LogP contribution in [0.1, 0.15) is 194 Å². The fourth-order valence-corrected chi connectivity index (χ4v) is 6.01. The molecule has 0 fully saturated rings. The van der Waals surface area contributed by atoms with Crippen LogP contribution in [0.3, 0.4) is 0 Å². The molecule has 0 radical (unpaired) electrons. The van der Waals surface area contributed by atoms with Gasteiger partial charge in [0.25, 0.3) is 0 Å². The Balaban J connectivity index is 2.10. The summed E-state index contributed by atoms with van der Waals surface area (Å²) in [4.78, 5) is 5.37. The van der Waals surface area contributed by atoms with Crippen LogP contribution in [0.15, 0.2) is 12.4 Å². The van der Waals surface area contributed by atoms with Crippen molar-refractivity contribution in [3.05, 3.63) is 12.4 Å². The third-order valence-electron chi connectivity index (χ3n) is 8.57. The molecule has 0 aromatic rings. The Hall–Kier alpha value is -0.660. The van der Waals surface area contributed by atoms with E-state index >= 15 is 0 Å². The van der Waals surface area contributed by atoms with Gasteiger partial charge in [0.1, 0.15) is 6.17 Å². The quantitative estimate of drug-likeness (QED) is 0.0908. The smallest absolute Gasteiger partial charge is 0.101 e. The monoisotopic (exact) mass is 519 g/mol. The molecule has 220 valence electrons. The first kappa shape index (κ1) is 34.4. The Morgan fingerprint density at radius 1 is 0.351 bits per heavy atom. The minimum absolute atomic E-state index is 0.643. The first-order valence-corrected chi connectivity index (χ1v) is 17.5. The molecule has 37 heavy (non-hydrogen) atoms. The standard InChI is InChI=1S/C35H70N2/c1-4-7-10-13-15-16-17-18-19-20-21-22-24-26-29-32-37-34-33-36(31-28-12-9-6-3)35(37)30-27-25-23-14-11-8-5-2/h33-35H,4-32H2,1-3H3. The normalized spacial score (nSPS) is 15.4. The van der Waals surface area contributed by atoms with Gasteiger partial charge in [-0.25, -0.2) is 0 Å². The van der Waals surface area contributed by atoms with Crippen molar-refractivity contribution in [1.82, 2.24) is 9.80 Å². The summed E-state index contributed by atoms with van der Waals surface area (Å²) in [6.45, 7) is 9.46. The van der Waals surface area contributed by atoms with Crippen molar-refractivity contribution in [3.63, 3.8) is 0 Å². The highest BCUT2D eigenvalue weighted by Gasteiger charge is 2.24. The van der Waals surface area contributed by atoms with Gasteiger partial charge < -0.3 is 9.80 Å². The van der Waals surface area contributed by atoms with Crippen LogP contribution in [0.2, 0.25) is 0 Å². The largest absolute Gasteiger partial charge is 0.356 e. The zero-order valence-electron chi connectivity index (χ0n) is 26.1. The fraction of sp³-hybridized carbons (Fsp3) is 0.943. The van der Waals surface area contributed by atoms with Crippen LogP contribution in [0, 0.1) is 0 Å². The van der Waals surface area contributed by atoms with Crippen LogP contribution in [-0.2, 0) is 0 Å². The molecule has 1 aliphatic rings. The summed E-state index contributed by atoms with van der Waals surface area (Å²) in [5.41, 5.74) is 0. The van der Waals surface area contributed by atoms with Gasteiger partial charge in [0.05, 0.1) is 0 Å². The molecule has 0 amide bonds. The van der Waals surface area contributed by atoms with Gasteiger partial charge in [-0.2, -0.15) is 0 Å². The van der Waals surface area contributed by atoms with E-state index in [0.717, 1.165) is 0 Å². The summed E-state index contributed by atoms with van der Waals surface area (Å²) < 4.78 is 0. The third-order valence-corrected chi connectivity index (χ3v) is 8.57. The van der Waals surface area contributed by atoms with Crippen LogP contribution in [0.4, 0.5) is 0 Å². The number of hydrogen-bond acceptors (Lipinski definition) is 2. The molecule has 0 aliphatic carbocycles. The van der Waals surface area contributed by atoms with E-state index in [1.54, 1.807) is 0 Å². The van der Waals surface area contributed by atoms with Gasteiger partial charge >= 0.3 is 0 Å². The Morgan fingerprint density at radius 3 is 0.973 bits per heavy atom. The lowest BCUT2D eigenvalue weighted by Gasteiger charge is -2.33. The maximum atomic E-state index is 2.69. The van der Waals surface area contributed by atoms with Gasteiger partial charge in [-0.3, -0.25) is 0 Å². The van der Waals surface area contributed by atoms with Gasteiger partial charge in [-0.15, -0.1) is 0 Å². The van der Waals surface area contributed by atoms with Crippen molar-refractivity contribution < 1.29 is 0 Å². The SMILES string of the molecule is CCCCCCCCCCCCCCCCCN1C=CN(CCCCCC)C1CCCCCCCCC. The van der Waals surface area contributed by atoms with Crippen LogP contribution in [0.5, 0.6) is 0 Å². The number of rotatable bonds is 29. The van der Waals surface area contributed by atoms with Crippen molar-refractivity contribution >= 4 is 0 Å². The average molecular weight is 519 g/mol. The zero-order chi connectivity index (χ0) is 26.7. The first-order chi connectivity index (χ1) is 18.3. The van der Waals surface area contributed by atoms with Crippen molar-refractivity contribution in [1.29, 1.82) is 0 Å². The predicted molar refractivity (Wildman–Crippen MR) is 168 cm³/mol. The van der Waals surface area contributed by atoms with E-state index in [4.69, 9.17) is 0 Å². The van der Waals surface area contributed by atoms with Gasteiger partial charge in [0.15, 0.2) is 0 Å². The van der Waals surface area contributed by atoms with Crippen LogP contribution in [-0.4, -0.2) is 29.1 Å². The van der Waals surface area contributed by atoms with Gasteiger partial charge in [-0.1, -0.05) is 168 Å². The molecule has 0 aromatic heterocycles. The summed E-state index contributed by atoms with van der Waals surface area (Å²) in [5, 5.41) is 0. The molecule has 0 bridgehead atoms. The molecule has 1 rings (SSSR count). The van der Waals surface area contributed by atoms with Gasteiger partial charge in [-0.05, 0) is 25.7 Å². The lowest BCUT2D eigenvalue weighted by molar-refractivity contribution is 0.135. The average Bonchev–Trinajstić information content (AvgIpc) is 3.29. The van der Waals surface area contributed by atoms with E-state index in [2.05, 4.69) is 43.0 Å². The summed E-state index contributed by atoms with van der Waals surface area (Å²) in [5.74, 6) is 0. The van der Waals surface area contributed by atoms with Crippen molar-refractivity contribution in [2.45, 2.75) is 200 Å². The van der Waals surface area contributed by atoms with Crippen molar-refractivity contribution in [2.24, 2.45) is 0 Å². The molecule has 0 N–H and O–H groups in total. The van der Waals surface area contributed by atoms with Crippen LogP contribution in [0.25, 0.3) is 0 Å². The summed E-state index contributed by atoms with van der Waals surface area (Å²) in [7, 11) is 0. The fourth-order valence-electron chi connectivity index (χ4n) is 6.01. The molecule has 2 heteroatoms. The number of nitrogens with zero attached hydrogens (tertiary/aromatic N) is 2. The van der Waals surface area contributed by atoms with E-state index in [1.165, 1.54) is 186 Å². The van der Waals surface area contributed by atoms with E-state index < -0.39 is 0 Å². The Bertz CT molecular complexity index is 474. The van der Waals surface area contributed by atoms with Crippen LogP contribution >= 0.6 is 0 Å². The lowest BCUT2D eigenvalue weighted by Crippen LogP contribution is -2.39. The van der Waals surface area contributed by atoms with Crippen molar-refractivity contribution in [3.8, 4) is 0 Å². The zero-order valence-corrected chi connectivity index (χ0v) is 26.1. The number of unbranched alkanes of at least 4 members (excludes halogenated alkanes) is 23. The Morgan fingerprint density at radius 2 is 0.622 bits per heavy atom. The second-order valence-electron chi connectivity index (χ2n) is 12.2. The second-order valence-corrected chi connectivity index (χ2v) is 12.2. The van der Waals surface area contributed by atoms with E-state index in [-0.39, 0.29) is 0 Å². The molecule has 0 saturated heterocycles. The molecule has 0 aromatic carbocycles. The molecular formula is C35H70N2. The van der Waals surface area contributed by atoms with Crippen LogP contribution < -0.4 is 0 Å². The predicted octanol–water partition coefficient (Wildman–Crippen LogP) is 12.0. The molecule has 1 unspecified atom stereocenters. The summed E-state index contributed by atoms with van der Waals surface area (Å²) in [6, 6.07) is 0. The minimum atomic E-state index is 0.643. The Labute approximate surface area is 235 Å². The van der Waals surface area contributed by atoms with Gasteiger partial charge in [0, 0.05) is 25.5 Å². The second kappa shape index (κ2) is 26.9. The van der Waals surface area contributed by atoms with Crippen molar-refractivity contribution in [2.75, 3.05) is 13.1 Å². The maximum absolute atomic E-state index is 2.69. The highest BCUT2D eigenvalue weighted by atomic mass is 15.4. The lowest BCUT2D eigenvalue weighted by atomic mass is 10.0. The Kier molecular flexibility index (Phi) is 25.0. The molecule has 1 heterocycles. The topological polar surface area (TPSA) is 6.48 Å². The molecule has 2 nitrogen and oxygen atoms in total. The third kappa shape index (κ3) is 20.0. The highest BCUT2D eigenvalue weighted by Crippen LogP contribution is 2.24.